The zero-order valence-electron chi connectivity index (χ0n) is 12.3. The maximum absolute atomic E-state index is 11.7. The molecule has 2 saturated carbocycles. The van der Waals surface area contributed by atoms with E-state index in [0.29, 0.717) is 5.41 Å². The average molecular weight is 267 g/mol. The van der Waals surface area contributed by atoms with Crippen molar-refractivity contribution < 1.29 is 14.3 Å². The molecular weight excluding hydrogens is 242 g/mol. The lowest BCUT2D eigenvalue weighted by Crippen LogP contribution is -2.32. The third-order valence-corrected chi connectivity index (χ3v) is 3.95. The van der Waals surface area contributed by atoms with Gasteiger partial charge in [0.15, 0.2) is 0 Å². The number of carbonyl (C=O) groups excluding carboxylic acids is 2. The van der Waals surface area contributed by atoms with Gasteiger partial charge < -0.3 is 10.1 Å². The molecule has 4 nitrogen and oxygen atoms in total. The molecular formula is C15H25NO3. The monoisotopic (exact) mass is 267 g/mol. The summed E-state index contributed by atoms with van der Waals surface area (Å²) in [4.78, 5) is 23.2. The minimum Gasteiger partial charge on any atom is -0.460 e. The summed E-state index contributed by atoms with van der Waals surface area (Å²) >= 11 is 0. The summed E-state index contributed by atoms with van der Waals surface area (Å²) in [6.45, 7) is 6.29. The Balaban J connectivity index is 1.61. The van der Waals surface area contributed by atoms with E-state index in [1.165, 1.54) is 25.7 Å². The van der Waals surface area contributed by atoms with Gasteiger partial charge in [-0.1, -0.05) is 0 Å². The minimum absolute atomic E-state index is 0.0298. The zero-order chi connectivity index (χ0) is 14.1. The minimum atomic E-state index is -0.475. The van der Waals surface area contributed by atoms with Crippen LogP contribution in [0.5, 0.6) is 0 Å². The van der Waals surface area contributed by atoms with Gasteiger partial charge in [-0.2, -0.15) is 0 Å². The number of hydrogen-bond acceptors (Lipinski definition) is 3. The lowest BCUT2D eigenvalue weighted by molar-refractivity contribution is -0.155. The smallest absolute Gasteiger partial charge is 0.306 e. The molecule has 0 unspecified atom stereocenters. The summed E-state index contributed by atoms with van der Waals surface area (Å²) in [7, 11) is 0. The molecule has 0 aromatic heterocycles. The summed E-state index contributed by atoms with van der Waals surface area (Å²) in [5, 5.41) is 2.98. The molecule has 2 aliphatic rings. The van der Waals surface area contributed by atoms with Crippen LogP contribution in [0, 0.1) is 11.3 Å². The van der Waals surface area contributed by atoms with Gasteiger partial charge in [-0.15, -0.1) is 0 Å². The predicted octanol–water partition coefficient (Wildman–Crippen LogP) is 2.41. The molecule has 0 aliphatic heterocycles. The fraction of sp³-hybridized carbons (Fsp3) is 0.867. The zero-order valence-corrected chi connectivity index (χ0v) is 12.3. The number of ether oxygens (including phenoxy) is 1. The van der Waals surface area contributed by atoms with E-state index in [4.69, 9.17) is 4.74 Å². The van der Waals surface area contributed by atoms with Gasteiger partial charge in [-0.05, 0) is 57.8 Å². The first-order valence-corrected chi connectivity index (χ1v) is 7.29. The van der Waals surface area contributed by atoms with Gasteiger partial charge in [0.1, 0.15) is 5.60 Å². The molecule has 0 atom stereocenters. The molecule has 108 valence electrons. The van der Waals surface area contributed by atoms with Crippen LogP contribution in [0.1, 0.15) is 59.3 Å². The SMILES string of the molecule is CC(C)(C)OC(=O)CCC(=O)NCC1(C2CC2)CC1. The predicted molar refractivity (Wildman–Crippen MR) is 72.5 cm³/mol. The maximum atomic E-state index is 11.7. The maximum Gasteiger partial charge on any atom is 0.306 e. The van der Waals surface area contributed by atoms with Gasteiger partial charge >= 0.3 is 5.97 Å². The van der Waals surface area contributed by atoms with E-state index in [1.807, 2.05) is 20.8 Å². The van der Waals surface area contributed by atoms with Crippen molar-refractivity contribution in [3.8, 4) is 0 Å². The van der Waals surface area contributed by atoms with Crippen LogP contribution in [-0.4, -0.2) is 24.0 Å². The van der Waals surface area contributed by atoms with Gasteiger partial charge in [-0.3, -0.25) is 9.59 Å². The number of carbonyl (C=O) groups is 2. The second-order valence-corrected chi connectivity index (χ2v) is 7.00. The lowest BCUT2D eigenvalue weighted by Gasteiger charge is -2.19. The van der Waals surface area contributed by atoms with Crippen molar-refractivity contribution in [2.75, 3.05) is 6.54 Å². The second kappa shape index (κ2) is 5.14. The quantitative estimate of drug-likeness (QED) is 0.752. The van der Waals surface area contributed by atoms with E-state index in [0.717, 1.165) is 12.5 Å². The van der Waals surface area contributed by atoms with Crippen LogP contribution in [0.25, 0.3) is 0 Å². The summed E-state index contributed by atoms with van der Waals surface area (Å²) in [5.41, 5.74) is -0.0564. The number of esters is 1. The van der Waals surface area contributed by atoms with Crippen molar-refractivity contribution in [3.63, 3.8) is 0 Å². The highest BCUT2D eigenvalue weighted by Crippen LogP contribution is 2.60. The highest BCUT2D eigenvalue weighted by Gasteiger charge is 2.53. The molecule has 2 aliphatic carbocycles. The van der Waals surface area contributed by atoms with Crippen molar-refractivity contribution in [2.24, 2.45) is 11.3 Å². The lowest BCUT2D eigenvalue weighted by atomic mass is 10.0. The molecule has 0 radical (unpaired) electrons. The summed E-state index contributed by atoms with van der Waals surface area (Å²) < 4.78 is 5.18. The Bertz CT molecular complexity index is 362. The number of nitrogens with one attached hydrogen (secondary N) is 1. The van der Waals surface area contributed by atoms with Crippen LogP contribution < -0.4 is 5.32 Å². The van der Waals surface area contributed by atoms with Gasteiger partial charge in [0.05, 0.1) is 6.42 Å². The summed E-state index contributed by atoms with van der Waals surface area (Å²) in [6.07, 6.45) is 5.56. The molecule has 0 saturated heterocycles. The third kappa shape index (κ3) is 4.51. The van der Waals surface area contributed by atoms with E-state index in [1.54, 1.807) is 0 Å². The molecule has 2 fully saturated rings. The Hall–Kier alpha value is -1.06. The van der Waals surface area contributed by atoms with Gasteiger partial charge in [0.25, 0.3) is 0 Å². The summed E-state index contributed by atoms with van der Waals surface area (Å²) in [6, 6.07) is 0. The van der Waals surface area contributed by atoms with Crippen molar-refractivity contribution in [2.45, 2.75) is 64.9 Å². The van der Waals surface area contributed by atoms with E-state index in [2.05, 4.69) is 5.32 Å². The standard InChI is InChI=1S/C15H25NO3/c1-14(2,3)19-13(18)7-6-12(17)16-10-15(8-9-15)11-4-5-11/h11H,4-10H2,1-3H3,(H,16,17). The highest BCUT2D eigenvalue weighted by molar-refractivity contribution is 5.81. The first kappa shape index (κ1) is 14.4. The largest absolute Gasteiger partial charge is 0.460 e. The molecule has 0 heterocycles. The van der Waals surface area contributed by atoms with Crippen LogP contribution in [0.15, 0.2) is 0 Å². The number of rotatable bonds is 6. The van der Waals surface area contributed by atoms with Crippen molar-refractivity contribution in [1.82, 2.24) is 5.32 Å². The molecule has 0 aromatic carbocycles. The first-order chi connectivity index (χ1) is 8.81. The van der Waals surface area contributed by atoms with Gasteiger partial charge in [-0.25, -0.2) is 0 Å². The van der Waals surface area contributed by atoms with Crippen molar-refractivity contribution >= 4 is 11.9 Å². The Morgan fingerprint density at radius 2 is 1.84 bits per heavy atom. The van der Waals surface area contributed by atoms with E-state index < -0.39 is 5.60 Å². The molecule has 0 spiro atoms. The Labute approximate surface area is 115 Å². The number of hydrogen-bond donors (Lipinski definition) is 1. The second-order valence-electron chi connectivity index (χ2n) is 7.00. The summed E-state index contributed by atoms with van der Waals surface area (Å²) in [5.74, 6) is 0.516. The van der Waals surface area contributed by atoms with Crippen LogP contribution in [-0.2, 0) is 14.3 Å². The van der Waals surface area contributed by atoms with Crippen LogP contribution in [0.4, 0.5) is 0 Å². The van der Waals surface area contributed by atoms with Gasteiger partial charge in [0, 0.05) is 13.0 Å². The van der Waals surface area contributed by atoms with E-state index in [9.17, 15) is 9.59 Å². The average Bonchev–Trinajstić information content (AvgIpc) is 3.12. The molecule has 2 rings (SSSR count). The number of amides is 1. The van der Waals surface area contributed by atoms with Crippen LogP contribution >= 0.6 is 0 Å². The van der Waals surface area contributed by atoms with E-state index >= 15 is 0 Å². The highest BCUT2D eigenvalue weighted by atomic mass is 16.6. The van der Waals surface area contributed by atoms with Gasteiger partial charge in [0.2, 0.25) is 5.91 Å². The molecule has 0 bridgehead atoms. The van der Waals surface area contributed by atoms with E-state index in [-0.39, 0.29) is 24.7 Å². The Morgan fingerprint density at radius 3 is 2.32 bits per heavy atom. The Kier molecular flexibility index (Phi) is 3.88. The fourth-order valence-electron chi connectivity index (χ4n) is 2.56. The van der Waals surface area contributed by atoms with Crippen LogP contribution in [0.2, 0.25) is 0 Å². The topological polar surface area (TPSA) is 55.4 Å². The third-order valence-electron chi connectivity index (χ3n) is 3.95. The molecule has 0 aromatic rings. The normalized spacial score (nSPS) is 20.8. The van der Waals surface area contributed by atoms with Crippen LogP contribution in [0.3, 0.4) is 0 Å². The molecule has 19 heavy (non-hydrogen) atoms. The fourth-order valence-corrected chi connectivity index (χ4v) is 2.56. The molecule has 4 heteroatoms. The first-order valence-electron chi connectivity index (χ1n) is 7.29. The molecule has 1 amide bonds. The van der Waals surface area contributed by atoms with Crippen molar-refractivity contribution in [3.05, 3.63) is 0 Å². The van der Waals surface area contributed by atoms with Crippen molar-refractivity contribution in [1.29, 1.82) is 0 Å². The molecule has 1 N–H and O–H groups in total. The Morgan fingerprint density at radius 1 is 1.21 bits per heavy atom.